The van der Waals surface area contributed by atoms with Crippen molar-refractivity contribution in [2.24, 2.45) is 5.92 Å². The van der Waals surface area contributed by atoms with Gasteiger partial charge in [-0.2, -0.15) is 0 Å². The fraction of sp³-hybridized carbons (Fsp3) is 0.438. The van der Waals surface area contributed by atoms with Crippen molar-refractivity contribution in [1.82, 2.24) is 10.3 Å². The molecule has 20 heavy (non-hydrogen) atoms. The van der Waals surface area contributed by atoms with Gasteiger partial charge in [-0.05, 0) is 36.7 Å². The third kappa shape index (κ3) is 4.12. The number of hydrogen-bond acceptors (Lipinski definition) is 3. The zero-order valence-corrected chi connectivity index (χ0v) is 12.8. The van der Waals surface area contributed by atoms with Gasteiger partial charge in [0.2, 0.25) is 0 Å². The molecule has 1 aromatic heterocycles. The molecule has 0 aliphatic heterocycles. The van der Waals surface area contributed by atoms with Crippen molar-refractivity contribution < 1.29 is 4.39 Å². The van der Waals surface area contributed by atoms with Crippen molar-refractivity contribution in [3.05, 3.63) is 41.2 Å². The van der Waals surface area contributed by atoms with Gasteiger partial charge in [-0.25, -0.2) is 9.37 Å². The van der Waals surface area contributed by atoms with Crippen LogP contribution in [0.3, 0.4) is 0 Å². The van der Waals surface area contributed by atoms with Gasteiger partial charge in [0.05, 0.1) is 5.69 Å². The normalized spacial score (nSPS) is 11.2. The molecule has 0 bridgehead atoms. The third-order valence-electron chi connectivity index (χ3n) is 3.54. The monoisotopic (exact) mass is 292 g/mol. The van der Waals surface area contributed by atoms with Crippen molar-refractivity contribution in [3.8, 4) is 10.6 Å². The Balaban J connectivity index is 1.90. The predicted octanol–water partition coefficient (Wildman–Crippen LogP) is 4.48. The molecule has 4 heteroatoms. The molecular formula is C16H21FN2S. The number of halogens is 1. The molecule has 0 saturated heterocycles. The fourth-order valence-corrected chi connectivity index (χ4v) is 2.92. The van der Waals surface area contributed by atoms with Crippen LogP contribution in [-0.4, -0.2) is 11.5 Å². The molecule has 0 spiro atoms. The second-order valence-electron chi connectivity index (χ2n) is 4.96. The summed E-state index contributed by atoms with van der Waals surface area (Å²) in [6, 6.07) is 6.49. The number of aromatic nitrogens is 1. The molecular weight excluding hydrogens is 271 g/mol. The molecule has 0 unspecified atom stereocenters. The van der Waals surface area contributed by atoms with E-state index in [0.717, 1.165) is 35.3 Å². The van der Waals surface area contributed by atoms with E-state index in [1.165, 1.54) is 25.0 Å². The minimum absolute atomic E-state index is 0.211. The van der Waals surface area contributed by atoms with Crippen LogP contribution < -0.4 is 5.32 Å². The average Bonchev–Trinajstić information content (AvgIpc) is 2.93. The number of benzene rings is 1. The first-order valence-corrected chi connectivity index (χ1v) is 8.02. The zero-order chi connectivity index (χ0) is 14.4. The number of nitrogens with one attached hydrogen (secondary N) is 1. The van der Waals surface area contributed by atoms with E-state index in [9.17, 15) is 4.39 Å². The van der Waals surface area contributed by atoms with Gasteiger partial charge in [-0.3, -0.25) is 0 Å². The smallest absolute Gasteiger partial charge is 0.123 e. The molecule has 2 aromatic rings. The predicted molar refractivity (Wildman–Crippen MR) is 83.3 cm³/mol. The number of nitrogens with zero attached hydrogens (tertiary/aromatic N) is 1. The SMILES string of the molecule is CCC(CC)CNCc1csc(-c2ccc(F)cc2)n1. The Morgan fingerprint density at radius 3 is 2.55 bits per heavy atom. The summed E-state index contributed by atoms with van der Waals surface area (Å²) in [5.74, 6) is 0.530. The summed E-state index contributed by atoms with van der Waals surface area (Å²) in [5.41, 5.74) is 2.03. The second kappa shape index (κ2) is 7.50. The molecule has 2 nitrogen and oxygen atoms in total. The molecule has 0 aliphatic rings. The number of rotatable bonds is 7. The van der Waals surface area contributed by atoms with Crippen LogP contribution in [0.1, 0.15) is 32.4 Å². The molecule has 2 rings (SSSR count). The largest absolute Gasteiger partial charge is 0.311 e. The molecule has 0 atom stereocenters. The van der Waals surface area contributed by atoms with E-state index in [2.05, 4.69) is 29.5 Å². The molecule has 0 aliphatic carbocycles. The van der Waals surface area contributed by atoms with E-state index in [1.807, 2.05) is 0 Å². The maximum absolute atomic E-state index is 12.9. The Kier molecular flexibility index (Phi) is 5.68. The summed E-state index contributed by atoms with van der Waals surface area (Å²) >= 11 is 1.61. The Hall–Kier alpha value is -1.26. The lowest BCUT2D eigenvalue weighted by Crippen LogP contribution is -2.21. The highest BCUT2D eigenvalue weighted by atomic mass is 32.1. The summed E-state index contributed by atoms with van der Waals surface area (Å²) in [6.07, 6.45) is 2.42. The topological polar surface area (TPSA) is 24.9 Å². The lowest BCUT2D eigenvalue weighted by molar-refractivity contribution is 0.448. The number of thiazole rings is 1. The summed E-state index contributed by atoms with van der Waals surface area (Å²) < 4.78 is 12.9. The van der Waals surface area contributed by atoms with Crippen LogP contribution in [0.15, 0.2) is 29.6 Å². The van der Waals surface area contributed by atoms with Gasteiger partial charge < -0.3 is 5.32 Å². The van der Waals surface area contributed by atoms with Crippen LogP contribution in [0.25, 0.3) is 10.6 Å². The summed E-state index contributed by atoms with van der Waals surface area (Å²) in [5, 5.41) is 6.48. The van der Waals surface area contributed by atoms with Crippen LogP contribution in [0.5, 0.6) is 0 Å². The van der Waals surface area contributed by atoms with Crippen LogP contribution >= 0.6 is 11.3 Å². The molecule has 0 saturated carbocycles. The molecule has 1 N–H and O–H groups in total. The lowest BCUT2D eigenvalue weighted by atomic mass is 10.0. The minimum Gasteiger partial charge on any atom is -0.311 e. The highest BCUT2D eigenvalue weighted by Gasteiger charge is 2.06. The van der Waals surface area contributed by atoms with Gasteiger partial charge in [-0.15, -0.1) is 11.3 Å². The van der Waals surface area contributed by atoms with Gasteiger partial charge in [-0.1, -0.05) is 26.7 Å². The first-order chi connectivity index (χ1) is 9.72. The van der Waals surface area contributed by atoms with Crippen LogP contribution in [0.2, 0.25) is 0 Å². The van der Waals surface area contributed by atoms with E-state index < -0.39 is 0 Å². The van der Waals surface area contributed by atoms with Crippen molar-refractivity contribution >= 4 is 11.3 Å². The van der Waals surface area contributed by atoms with Crippen molar-refractivity contribution in [1.29, 1.82) is 0 Å². The Labute approximate surface area is 124 Å². The quantitative estimate of drug-likeness (QED) is 0.814. The Bertz CT molecular complexity index is 518. The maximum atomic E-state index is 12.9. The maximum Gasteiger partial charge on any atom is 0.123 e. The molecule has 1 aromatic carbocycles. The molecule has 0 fully saturated rings. The summed E-state index contributed by atoms with van der Waals surface area (Å²) in [6.45, 7) is 6.29. The first-order valence-electron chi connectivity index (χ1n) is 7.14. The molecule has 0 radical (unpaired) electrons. The van der Waals surface area contributed by atoms with Gasteiger partial charge in [0.15, 0.2) is 0 Å². The third-order valence-corrected chi connectivity index (χ3v) is 4.48. The molecule has 1 heterocycles. The minimum atomic E-state index is -0.211. The van der Waals surface area contributed by atoms with Gasteiger partial charge >= 0.3 is 0 Å². The van der Waals surface area contributed by atoms with Crippen molar-refractivity contribution in [3.63, 3.8) is 0 Å². The molecule has 108 valence electrons. The first kappa shape index (κ1) is 15.1. The van der Waals surface area contributed by atoms with Gasteiger partial charge in [0.25, 0.3) is 0 Å². The van der Waals surface area contributed by atoms with Gasteiger partial charge in [0.1, 0.15) is 10.8 Å². The van der Waals surface area contributed by atoms with Crippen LogP contribution in [0, 0.1) is 11.7 Å². The Morgan fingerprint density at radius 1 is 1.20 bits per heavy atom. The van der Waals surface area contributed by atoms with E-state index in [1.54, 1.807) is 23.5 Å². The number of hydrogen-bond donors (Lipinski definition) is 1. The van der Waals surface area contributed by atoms with E-state index >= 15 is 0 Å². The second-order valence-corrected chi connectivity index (χ2v) is 5.82. The Morgan fingerprint density at radius 2 is 1.90 bits per heavy atom. The summed E-state index contributed by atoms with van der Waals surface area (Å²) in [4.78, 5) is 4.59. The highest BCUT2D eigenvalue weighted by molar-refractivity contribution is 7.13. The zero-order valence-electron chi connectivity index (χ0n) is 12.0. The van der Waals surface area contributed by atoms with E-state index in [0.29, 0.717) is 0 Å². The summed E-state index contributed by atoms with van der Waals surface area (Å²) in [7, 11) is 0. The molecule has 0 amide bonds. The fourth-order valence-electron chi connectivity index (χ4n) is 2.09. The van der Waals surface area contributed by atoms with Crippen molar-refractivity contribution in [2.45, 2.75) is 33.2 Å². The van der Waals surface area contributed by atoms with Gasteiger partial charge in [0, 0.05) is 17.5 Å². The highest BCUT2D eigenvalue weighted by Crippen LogP contribution is 2.23. The van der Waals surface area contributed by atoms with E-state index in [4.69, 9.17) is 0 Å². The lowest BCUT2D eigenvalue weighted by Gasteiger charge is -2.12. The van der Waals surface area contributed by atoms with Crippen LogP contribution in [-0.2, 0) is 6.54 Å². The average molecular weight is 292 g/mol. The van der Waals surface area contributed by atoms with E-state index in [-0.39, 0.29) is 5.82 Å². The van der Waals surface area contributed by atoms with Crippen LogP contribution in [0.4, 0.5) is 4.39 Å². The standard InChI is InChI=1S/C16H21FN2S/c1-3-12(4-2)9-18-10-15-11-20-16(19-15)13-5-7-14(17)8-6-13/h5-8,11-12,18H,3-4,9-10H2,1-2H3. The van der Waals surface area contributed by atoms with Crippen molar-refractivity contribution in [2.75, 3.05) is 6.54 Å².